The lowest BCUT2D eigenvalue weighted by atomic mass is 10.2. The Labute approximate surface area is 143 Å². The number of carbonyl (C=O) groups excluding carboxylic acids is 1. The van der Waals surface area contributed by atoms with Gasteiger partial charge in [-0.3, -0.25) is 4.79 Å². The minimum absolute atomic E-state index is 0.0625. The third kappa shape index (κ3) is 5.14. The van der Waals surface area contributed by atoms with Crippen LogP contribution in [0.4, 0.5) is 18.9 Å². The van der Waals surface area contributed by atoms with Gasteiger partial charge in [0.15, 0.2) is 6.10 Å². The van der Waals surface area contributed by atoms with Gasteiger partial charge in [0, 0.05) is 11.8 Å². The molecule has 0 saturated heterocycles. The number of benzene rings is 2. The van der Waals surface area contributed by atoms with Gasteiger partial charge in [-0.15, -0.1) is 0 Å². The van der Waals surface area contributed by atoms with Gasteiger partial charge in [0.25, 0.3) is 5.91 Å². The Hall–Kier alpha value is -2.70. The Bertz CT molecular complexity index is 732. The maximum Gasteiger partial charge on any atom is 0.416 e. The first kappa shape index (κ1) is 18.6. The van der Waals surface area contributed by atoms with Gasteiger partial charge in [0.2, 0.25) is 0 Å². The van der Waals surface area contributed by atoms with Crippen molar-refractivity contribution in [1.29, 1.82) is 0 Å². The fourth-order valence-electron chi connectivity index (χ4n) is 2.16. The van der Waals surface area contributed by atoms with Crippen molar-refractivity contribution >= 4 is 11.6 Å². The molecule has 0 saturated carbocycles. The van der Waals surface area contributed by atoms with E-state index >= 15 is 0 Å². The summed E-state index contributed by atoms with van der Waals surface area (Å²) in [6, 6.07) is 11.2. The molecule has 0 spiro atoms. The third-order valence-electron chi connectivity index (χ3n) is 3.44. The van der Waals surface area contributed by atoms with E-state index in [0.717, 1.165) is 12.1 Å². The number of ether oxygens (including phenoxy) is 2. The maximum atomic E-state index is 12.7. The number of hydrogen-bond acceptors (Lipinski definition) is 3. The fraction of sp³-hybridized carbons (Fsp3) is 0.278. The van der Waals surface area contributed by atoms with Crippen LogP contribution in [-0.2, 0) is 11.0 Å². The maximum absolute atomic E-state index is 12.7. The fourth-order valence-corrected chi connectivity index (χ4v) is 2.16. The summed E-state index contributed by atoms with van der Waals surface area (Å²) in [6.45, 7) is 1.75. The number of alkyl halides is 3. The molecule has 2 rings (SSSR count). The van der Waals surface area contributed by atoms with Gasteiger partial charge in [0.05, 0.1) is 12.7 Å². The van der Waals surface area contributed by atoms with E-state index in [4.69, 9.17) is 9.47 Å². The lowest BCUT2D eigenvalue weighted by Gasteiger charge is -2.18. The smallest absolute Gasteiger partial charge is 0.416 e. The summed E-state index contributed by atoms with van der Waals surface area (Å²) in [5.74, 6) is 0.487. The average Bonchev–Trinajstić information content (AvgIpc) is 2.59. The SMILES string of the molecule is CC[C@@H](Oc1cccc(OC)c1)C(=O)Nc1cccc(C(F)(F)F)c1. The molecule has 0 fully saturated rings. The van der Waals surface area contributed by atoms with Crippen molar-refractivity contribution in [3.63, 3.8) is 0 Å². The van der Waals surface area contributed by atoms with Gasteiger partial charge in [-0.2, -0.15) is 13.2 Å². The molecule has 0 radical (unpaired) electrons. The van der Waals surface area contributed by atoms with Crippen molar-refractivity contribution in [2.75, 3.05) is 12.4 Å². The molecule has 25 heavy (non-hydrogen) atoms. The Balaban J connectivity index is 2.09. The van der Waals surface area contributed by atoms with Crippen LogP contribution in [0.1, 0.15) is 18.9 Å². The van der Waals surface area contributed by atoms with Crippen LogP contribution in [0.3, 0.4) is 0 Å². The number of halogens is 3. The van der Waals surface area contributed by atoms with Crippen molar-refractivity contribution in [3.8, 4) is 11.5 Å². The van der Waals surface area contributed by atoms with E-state index in [-0.39, 0.29) is 5.69 Å². The van der Waals surface area contributed by atoms with Gasteiger partial charge in [-0.25, -0.2) is 0 Å². The van der Waals surface area contributed by atoms with Crippen molar-refractivity contribution in [3.05, 3.63) is 54.1 Å². The van der Waals surface area contributed by atoms with Crippen LogP contribution in [0, 0.1) is 0 Å². The van der Waals surface area contributed by atoms with Gasteiger partial charge in [-0.05, 0) is 36.8 Å². The first-order valence-electron chi connectivity index (χ1n) is 7.62. The molecule has 0 aromatic heterocycles. The number of rotatable bonds is 6. The molecule has 0 heterocycles. The van der Waals surface area contributed by atoms with E-state index in [1.807, 2.05) is 0 Å². The van der Waals surface area contributed by atoms with Crippen LogP contribution in [0.15, 0.2) is 48.5 Å². The lowest BCUT2D eigenvalue weighted by molar-refractivity contribution is -0.137. The van der Waals surface area contributed by atoms with Crippen LogP contribution in [-0.4, -0.2) is 19.1 Å². The molecule has 0 unspecified atom stereocenters. The summed E-state index contributed by atoms with van der Waals surface area (Å²) < 4.78 is 48.9. The minimum atomic E-state index is -4.47. The molecule has 0 aliphatic heterocycles. The minimum Gasteiger partial charge on any atom is -0.497 e. The normalized spacial score (nSPS) is 12.4. The van der Waals surface area contributed by atoms with Crippen LogP contribution < -0.4 is 14.8 Å². The molecular weight excluding hydrogens is 335 g/mol. The lowest BCUT2D eigenvalue weighted by Crippen LogP contribution is -2.32. The van der Waals surface area contributed by atoms with E-state index in [0.29, 0.717) is 17.9 Å². The second-order valence-electron chi connectivity index (χ2n) is 5.26. The zero-order valence-corrected chi connectivity index (χ0v) is 13.8. The summed E-state index contributed by atoms with van der Waals surface area (Å²) in [5, 5.41) is 2.46. The highest BCUT2D eigenvalue weighted by atomic mass is 19.4. The van der Waals surface area contributed by atoms with Crippen molar-refractivity contribution in [1.82, 2.24) is 0 Å². The Morgan fingerprint density at radius 2 is 1.80 bits per heavy atom. The summed E-state index contributed by atoms with van der Waals surface area (Å²) in [6.07, 6.45) is -4.97. The molecule has 2 aromatic carbocycles. The van der Waals surface area contributed by atoms with Crippen LogP contribution >= 0.6 is 0 Å². The number of amides is 1. The standard InChI is InChI=1S/C18H18F3NO3/c1-3-16(25-15-9-5-8-14(11-15)24-2)17(23)22-13-7-4-6-12(10-13)18(19,20)21/h4-11,16H,3H2,1-2H3,(H,22,23)/t16-/m1/s1. The second kappa shape index (κ2) is 7.92. The van der Waals surface area contributed by atoms with E-state index in [1.54, 1.807) is 31.2 Å². The van der Waals surface area contributed by atoms with Crippen LogP contribution in [0.25, 0.3) is 0 Å². The number of methoxy groups -OCH3 is 1. The van der Waals surface area contributed by atoms with E-state index in [2.05, 4.69) is 5.32 Å². The van der Waals surface area contributed by atoms with Gasteiger partial charge >= 0.3 is 6.18 Å². The third-order valence-corrected chi connectivity index (χ3v) is 3.44. The molecule has 0 aliphatic rings. The van der Waals surface area contributed by atoms with E-state index in [1.165, 1.54) is 19.2 Å². The highest BCUT2D eigenvalue weighted by molar-refractivity contribution is 5.94. The van der Waals surface area contributed by atoms with Gasteiger partial charge in [0.1, 0.15) is 11.5 Å². The van der Waals surface area contributed by atoms with Gasteiger partial charge < -0.3 is 14.8 Å². The van der Waals surface area contributed by atoms with Gasteiger partial charge in [-0.1, -0.05) is 19.1 Å². The van der Waals surface area contributed by atoms with Crippen LogP contribution in [0.5, 0.6) is 11.5 Å². The Morgan fingerprint density at radius 3 is 2.44 bits per heavy atom. The number of nitrogens with one attached hydrogen (secondary N) is 1. The quantitative estimate of drug-likeness (QED) is 0.831. The molecule has 7 heteroatoms. The molecule has 0 aliphatic carbocycles. The molecular formula is C18H18F3NO3. The van der Waals surface area contributed by atoms with E-state index < -0.39 is 23.8 Å². The molecule has 1 atom stereocenters. The van der Waals surface area contributed by atoms with Crippen molar-refractivity contribution in [2.24, 2.45) is 0 Å². The predicted molar refractivity (Wildman–Crippen MR) is 87.8 cm³/mol. The Kier molecular flexibility index (Phi) is 5.90. The largest absolute Gasteiger partial charge is 0.497 e. The van der Waals surface area contributed by atoms with E-state index in [9.17, 15) is 18.0 Å². The summed E-state index contributed by atoms with van der Waals surface area (Å²) in [5.41, 5.74) is -0.764. The molecule has 134 valence electrons. The summed E-state index contributed by atoms with van der Waals surface area (Å²) in [7, 11) is 1.51. The average molecular weight is 353 g/mol. The summed E-state index contributed by atoms with van der Waals surface area (Å²) >= 11 is 0. The molecule has 2 aromatic rings. The molecule has 0 bridgehead atoms. The number of hydrogen-bond donors (Lipinski definition) is 1. The summed E-state index contributed by atoms with van der Waals surface area (Å²) in [4.78, 5) is 12.3. The van der Waals surface area contributed by atoms with Crippen molar-refractivity contribution < 1.29 is 27.4 Å². The topological polar surface area (TPSA) is 47.6 Å². The zero-order chi connectivity index (χ0) is 18.4. The Morgan fingerprint density at radius 1 is 1.12 bits per heavy atom. The number of carbonyl (C=O) groups is 1. The number of anilines is 1. The highest BCUT2D eigenvalue weighted by Gasteiger charge is 2.30. The monoisotopic (exact) mass is 353 g/mol. The molecule has 1 N–H and O–H groups in total. The highest BCUT2D eigenvalue weighted by Crippen LogP contribution is 2.30. The van der Waals surface area contributed by atoms with Crippen LogP contribution in [0.2, 0.25) is 0 Å². The zero-order valence-electron chi connectivity index (χ0n) is 13.8. The molecule has 1 amide bonds. The predicted octanol–water partition coefficient (Wildman–Crippen LogP) is 4.51. The first-order valence-corrected chi connectivity index (χ1v) is 7.62. The molecule has 4 nitrogen and oxygen atoms in total. The first-order chi connectivity index (χ1) is 11.8. The van der Waals surface area contributed by atoms with Crippen molar-refractivity contribution in [2.45, 2.75) is 25.6 Å². The second-order valence-corrected chi connectivity index (χ2v) is 5.26.